The predicted molar refractivity (Wildman–Crippen MR) is 118 cm³/mol. The molecule has 3 aromatic carbocycles. The maximum Gasteiger partial charge on any atom is 0.253 e. The number of hydrogen-bond donors (Lipinski definition) is 0. The van der Waals surface area contributed by atoms with Crippen LogP contribution < -0.4 is 0 Å². The third kappa shape index (κ3) is 3.52. The van der Waals surface area contributed by atoms with Crippen molar-refractivity contribution in [3.8, 4) is 17.2 Å². The highest BCUT2D eigenvalue weighted by molar-refractivity contribution is 6.22. The van der Waals surface area contributed by atoms with Gasteiger partial charge in [-0.05, 0) is 41.0 Å². The van der Waals surface area contributed by atoms with Crippen molar-refractivity contribution in [2.24, 2.45) is 0 Å². The minimum atomic E-state index is -0.0235. The van der Waals surface area contributed by atoms with Gasteiger partial charge in [-0.25, -0.2) is 0 Å². The van der Waals surface area contributed by atoms with E-state index < -0.39 is 0 Å². The molecule has 1 aliphatic heterocycles. The highest BCUT2D eigenvalue weighted by atomic mass is 16.2. The number of piperazine rings is 1. The van der Waals surface area contributed by atoms with Gasteiger partial charge in [0.25, 0.3) is 5.91 Å². The Hall–Kier alpha value is -3.75. The summed E-state index contributed by atoms with van der Waals surface area (Å²) in [6, 6.07) is 22.8. The van der Waals surface area contributed by atoms with Crippen molar-refractivity contribution in [3.63, 3.8) is 0 Å². The minimum Gasteiger partial charge on any atom is -0.336 e. The first-order valence-corrected chi connectivity index (χ1v) is 10.4. The van der Waals surface area contributed by atoms with Gasteiger partial charge in [-0.3, -0.25) is 14.5 Å². The summed E-state index contributed by atoms with van der Waals surface area (Å²) in [7, 11) is 0. The van der Waals surface area contributed by atoms with E-state index >= 15 is 0 Å². The van der Waals surface area contributed by atoms with Crippen LogP contribution in [0.5, 0.6) is 0 Å². The standard InChI is InChI=1S/C26H21N3O2/c27-16-18-5-7-19(8-6-18)17-28-11-13-29(14-12-28)26(31)20-9-10-22-21-3-1-2-4-23(21)25(30)24(22)15-20/h1-10,15H,11-14,17H2. The molecule has 0 unspecified atom stereocenters. The molecule has 5 rings (SSSR count). The topological polar surface area (TPSA) is 64.4 Å². The maximum absolute atomic E-state index is 13.1. The number of ketones is 1. The number of benzene rings is 3. The zero-order valence-electron chi connectivity index (χ0n) is 17.0. The van der Waals surface area contributed by atoms with Crippen LogP contribution in [-0.2, 0) is 6.54 Å². The van der Waals surface area contributed by atoms with E-state index in [1.807, 2.05) is 65.6 Å². The van der Waals surface area contributed by atoms with Gasteiger partial charge in [0.05, 0.1) is 11.6 Å². The van der Waals surface area contributed by atoms with Gasteiger partial charge >= 0.3 is 0 Å². The molecule has 152 valence electrons. The Morgan fingerprint density at radius 2 is 1.52 bits per heavy atom. The van der Waals surface area contributed by atoms with E-state index in [0.717, 1.165) is 36.3 Å². The molecule has 1 heterocycles. The summed E-state index contributed by atoms with van der Waals surface area (Å²) < 4.78 is 0. The summed E-state index contributed by atoms with van der Waals surface area (Å²) in [5.74, 6) is -0.0305. The highest BCUT2D eigenvalue weighted by Gasteiger charge is 2.28. The van der Waals surface area contributed by atoms with Crippen molar-refractivity contribution < 1.29 is 9.59 Å². The van der Waals surface area contributed by atoms with E-state index in [0.29, 0.717) is 35.3 Å². The lowest BCUT2D eigenvalue weighted by Gasteiger charge is -2.34. The van der Waals surface area contributed by atoms with Crippen molar-refractivity contribution in [1.82, 2.24) is 9.80 Å². The molecule has 0 atom stereocenters. The number of hydrogen-bond acceptors (Lipinski definition) is 4. The third-order valence-corrected chi connectivity index (χ3v) is 6.12. The van der Waals surface area contributed by atoms with Crippen LogP contribution in [0.1, 0.15) is 37.4 Å². The van der Waals surface area contributed by atoms with Gasteiger partial charge in [0.2, 0.25) is 0 Å². The van der Waals surface area contributed by atoms with Crippen LogP contribution in [0.15, 0.2) is 66.7 Å². The van der Waals surface area contributed by atoms with Crippen LogP contribution in [0.3, 0.4) is 0 Å². The second-order valence-electron chi connectivity index (χ2n) is 8.01. The fraction of sp³-hybridized carbons (Fsp3) is 0.192. The fourth-order valence-corrected chi connectivity index (χ4v) is 4.40. The Bertz CT molecular complexity index is 1220. The predicted octanol–water partition coefficient (Wildman–Crippen LogP) is 3.73. The van der Waals surface area contributed by atoms with Crippen LogP contribution in [0.2, 0.25) is 0 Å². The lowest BCUT2D eigenvalue weighted by molar-refractivity contribution is 0.0628. The first-order valence-electron chi connectivity index (χ1n) is 10.4. The summed E-state index contributed by atoms with van der Waals surface area (Å²) in [5.41, 5.74) is 5.57. The number of carbonyl (C=O) groups is 2. The monoisotopic (exact) mass is 407 g/mol. The van der Waals surface area contributed by atoms with Crippen molar-refractivity contribution >= 4 is 11.7 Å². The normalized spacial score (nSPS) is 15.3. The number of carbonyl (C=O) groups excluding carboxylic acids is 2. The largest absolute Gasteiger partial charge is 0.336 e. The third-order valence-electron chi connectivity index (χ3n) is 6.12. The molecular weight excluding hydrogens is 386 g/mol. The summed E-state index contributed by atoms with van der Waals surface area (Å²) in [6.07, 6.45) is 0. The van der Waals surface area contributed by atoms with Gasteiger partial charge in [0, 0.05) is 49.4 Å². The van der Waals surface area contributed by atoms with Gasteiger partial charge < -0.3 is 4.90 Å². The van der Waals surface area contributed by atoms with E-state index in [4.69, 9.17) is 5.26 Å². The highest BCUT2D eigenvalue weighted by Crippen LogP contribution is 2.36. The van der Waals surface area contributed by atoms with Crippen molar-refractivity contribution in [3.05, 3.63) is 94.5 Å². The number of amides is 1. The van der Waals surface area contributed by atoms with Crippen LogP contribution in [0.4, 0.5) is 0 Å². The van der Waals surface area contributed by atoms with Gasteiger partial charge in [-0.15, -0.1) is 0 Å². The average molecular weight is 407 g/mol. The van der Waals surface area contributed by atoms with Gasteiger partial charge in [0.1, 0.15) is 0 Å². The molecular formula is C26H21N3O2. The minimum absolute atomic E-state index is 0.00696. The maximum atomic E-state index is 13.1. The first kappa shape index (κ1) is 19.2. The molecule has 0 radical (unpaired) electrons. The molecule has 0 saturated carbocycles. The van der Waals surface area contributed by atoms with Crippen LogP contribution in [0, 0.1) is 11.3 Å². The number of rotatable bonds is 3. The average Bonchev–Trinajstić information content (AvgIpc) is 3.11. The molecule has 1 amide bonds. The smallest absolute Gasteiger partial charge is 0.253 e. The van der Waals surface area contributed by atoms with Gasteiger partial charge in [-0.2, -0.15) is 5.26 Å². The zero-order chi connectivity index (χ0) is 21.4. The second-order valence-corrected chi connectivity index (χ2v) is 8.01. The Morgan fingerprint density at radius 1 is 0.839 bits per heavy atom. The fourth-order valence-electron chi connectivity index (χ4n) is 4.40. The van der Waals surface area contributed by atoms with E-state index in [2.05, 4.69) is 11.0 Å². The number of nitrogens with zero attached hydrogens (tertiary/aromatic N) is 3. The molecule has 1 saturated heterocycles. The molecule has 1 aliphatic carbocycles. The van der Waals surface area contributed by atoms with E-state index in [-0.39, 0.29) is 11.7 Å². The molecule has 3 aromatic rings. The lowest BCUT2D eigenvalue weighted by Crippen LogP contribution is -2.48. The van der Waals surface area contributed by atoms with E-state index in [1.54, 1.807) is 6.07 Å². The molecule has 0 bridgehead atoms. The molecule has 5 heteroatoms. The number of fused-ring (bicyclic) bond motifs is 3. The Kier molecular flexibility index (Phi) is 4.85. The molecule has 0 aromatic heterocycles. The lowest BCUT2D eigenvalue weighted by atomic mass is 10.0. The first-order chi connectivity index (χ1) is 15.1. The Labute approximate surface area is 181 Å². The summed E-state index contributed by atoms with van der Waals surface area (Å²) in [6.45, 7) is 3.70. The number of nitriles is 1. The van der Waals surface area contributed by atoms with Gasteiger partial charge in [0.15, 0.2) is 5.78 Å². The van der Waals surface area contributed by atoms with Gasteiger partial charge in [-0.1, -0.05) is 42.5 Å². The zero-order valence-corrected chi connectivity index (χ0v) is 17.0. The van der Waals surface area contributed by atoms with E-state index in [1.165, 1.54) is 0 Å². The summed E-state index contributed by atoms with van der Waals surface area (Å²) in [4.78, 5) is 30.0. The molecule has 0 N–H and O–H groups in total. The summed E-state index contributed by atoms with van der Waals surface area (Å²) in [5, 5.41) is 8.92. The van der Waals surface area contributed by atoms with Crippen molar-refractivity contribution in [2.45, 2.75) is 6.54 Å². The molecule has 5 nitrogen and oxygen atoms in total. The Morgan fingerprint density at radius 3 is 2.23 bits per heavy atom. The van der Waals surface area contributed by atoms with Crippen molar-refractivity contribution in [1.29, 1.82) is 5.26 Å². The molecule has 2 aliphatic rings. The molecule has 31 heavy (non-hydrogen) atoms. The van der Waals surface area contributed by atoms with Crippen LogP contribution in [0.25, 0.3) is 11.1 Å². The van der Waals surface area contributed by atoms with Crippen LogP contribution in [-0.4, -0.2) is 47.7 Å². The van der Waals surface area contributed by atoms with Crippen LogP contribution >= 0.6 is 0 Å². The Balaban J connectivity index is 1.25. The van der Waals surface area contributed by atoms with E-state index in [9.17, 15) is 9.59 Å². The quantitative estimate of drug-likeness (QED) is 0.519. The summed E-state index contributed by atoms with van der Waals surface area (Å²) >= 11 is 0. The SMILES string of the molecule is N#Cc1ccc(CN2CCN(C(=O)c3ccc4c(c3)C(=O)c3ccccc3-4)CC2)cc1. The molecule has 0 spiro atoms. The molecule has 1 fully saturated rings. The van der Waals surface area contributed by atoms with Crippen molar-refractivity contribution in [2.75, 3.05) is 26.2 Å². The second kappa shape index (κ2) is 7.82.